The van der Waals surface area contributed by atoms with Crippen LogP contribution in [0.4, 0.5) is 0 Å². The molecule has 4 N–H and O–H groups in total. The van der Waals surface area contributed by atoms with Gasteiger partial charge in [0.2, 0.25) is 0 Å². The minimum atomic E-state index is -1.56. The summed E-state index contributed by atoms with van der Waals surface area (Å²) in [6.07, 6.45) is -2.87. The molecule has 0 aliphatic rings. The molecule has 0 unspecified atom stereocenters. The van der Waals surface area contributed by atoms with Crippen LogP contribution in [0.1, 0.15) is 25.5 Å². The third-order valence-corrected chi connectivity index (χ3v) is 3.18. The molecule has 0 bridgehead atoms. The Morgan fingerprint density at radius 2 is 1.95 bits per heavy atom. The number of hydrogen-bond donors (Lipinski definition) is 4. The molecule has 0 fully saturated rings. The third kappa shape index (κ3) is 3.06. The average molecular weight is 296 g/mol. The Bertz CT molecular complexity index is 699. The van der Waals surface area contributed by atoms with E-state index < -0.39 is 23.4 Å². The largest absolute Gasteiger partial charge is 0.507 e. The van der Waals surface area contributed by atoms with E-state index in [1.165, 1.54) is 38.1 Å². The zero-order chi connectivity index (χ0) is 15.8. The van der Waals surface area contributed by atoms with Crippen LogP contribution in [-0.2, 0) is 4.89 Å². The summed E-state index contributed by atoms with van der Waals surface area (Å²) in [4.78, 5) is 15.2. The number of aliphatic hydroxyl groups is 2. The first kappa shape index (κ1) is 15.5. The van der Waals surface area contributed by atoms with Crippen LogP contribution >= 0.6 is 0 Å². The third-order valence-electron chi connectivity index (χ3n) is 3.18. The molecule has 7 heteroatoms. The maximum atomic E-state index is 11.1. The summed E-state index contributed by atoms with van der Waals surface area (Å²) in [7, 11) is 0. The number of aliphatic hydroxyl groups excluding tert-OH is 1. The van der Waals surface area contributed by atoms with E-state index in [1.54, 1.807) is 0 Å². The average Bonchev–Trinajstić information content (AvgIpc) is 2.36. The van der Waals surface area contributed by atoms with Crippen LogP contribution < -0.4 is 5.63 Å². The molecule has 1 heterocycles. The predicted octanol–water partition coefficient (Wildman–Crippen LogP) is 1.16. The zero-order valence-corrected chi connectivity index (χ0v) is 11.5. The summed E-state index contributed by atoms with van der Waals surface area (Å²) in [6, 6.07) is 5.23. The summed E-state index contributed by atoms with van der Waals surface area (Å²) in [5, 5.41) is 39.4. The van der Waals surface area contributed by atoms with Crippen LogP contribution in [0, 0.1) is 0 Å². The molecular formula is C14H16O7. The molecule has 7 nitrogen and oxygen atoms in total. The van der Waals surface area contributed by atoms with Gasteiger partial charge in [-0.15, -0.1) is 0 Å². The van der Waals surface area contributed by atoms with Crippen molar-refractivity contribution in [1.29, 1.82) is 0 Å². The fraction of sp³-hybridized carbons (Fsp3) is 0.357. The molecule has 0 aliphatic heterocycles. The summed E-state index contributed by atoms with van der Waals surface area (Å²) in [5.74, 6) is -0.351. The van der Waals surface area contributed by atoms with Gasteiger partial charge in [0.15, 0.2) is 6.10 Å². The van der Waals surface area contributed by atoms with Gasteiger partial charge in [0.25, 0.3) is 0 Å². The highest BCUT2D eigenvalue weighted by atomic mass is 17.1. The molecule has 1 aromatic heterocycles. The lowest BCUT2D eigenvalue weighted by atomic mass is 9.91. The van der Waals surface area contributed by atoms with Crippen molar-refractivity contribution in [2.45, 2.75) is 31.7 Å². The second-order valence-corrected chi connectivity index (χ2v) is 5.33. The van der Waals surface area contributed by atoms with Gasteiger partial charge in [0.05, 0.1) is 5.60 Å². The van der Waals surface area contributed by atoms with Crippen molar-refractivity contribution >= 4 is 11.0 Å². The normalized spacial score (nSPS) is 15.1. The van der Waals surface area contributed by atoms with E-state index >= 15 is 0 Å². The Labute approximate surface area is 119 Å². The lowest BCUT2D eigenvalue weighted by Crippen LogP contribution is -2.42. The monoisotopic (exact) mass is 296 g/mol. The molecule has 0 radical (unpaired) electrons. The van der Waals surface area contributed by atoms with E-state index in [9.17, 15) is 20.1 Å². The lowest BCUT2D eigenvalue weighted by Gasteiger charge is -2.30. The van der Waals surface area contributed by atoms with Crippen LogP contribution in [0.25, 0.3) is 11.0 Å². The van der Waals surface area contributed by atoms with Crippen molar-refractivity contribution in [1.82, 2.24) is 0 Å². The molecule has 0 amide bonds. The van der Waals surface area contributed by atoms with E-state index in [-0.39, 0.29) is 16.9 Å². The fourth-order valence-corrected chi connectivity index (χ4v) is 2.10. The first-order valence-corrected chi connectivity index (χ1v) is 6.21. The van der Waals surface area contributed by atoms with Crippen molar-refractivity contribution in [3.63, 3.8) is 0 Å². The first-order valence-electron chi connectivity index (χ1n) is 6.21. The SMILES string of the molecule is CC(C)(O)[C@H](OO)[C@H](O)c1cc2ccc(=O)oc2cc1O. The molecule has 0 aliphatic carbocycles. The van der Waals surface area contributed by atoms with Gasteiger partial charge >= 0.3 is 5.63 Å². The van der Waals surface area contributed by atoms with Gasteiger partial charge in [-0.1, -0.05) is 0 Å². The lowest BCUT2D eigenvalue weighted by molar-refractivity contribution is -0.330. The van der Waals surface area contributed by atoms with E-state index in [0.29, 0.717) is 5.39 Å². The maximum Gasteiger partial charge on any atom is 0.336 e. The number of aromatic hydroxyl groups is 1. The van der Waals surface area contributed by atoms with Gasteiger partial charge < -0.3 is 19.7 Å². The highest BCUT2D eigenvalue weighted by molar-refractivity contribution is 5.79. The number of phenols is 1. The molecule has 2 aromatic rings. The molecule has 2 rings (SSSR count). The van der Waals surface area contributed by atoms with E-state index in [0.717, 1.165) is 0 Å². The topological polar surface area (TPSA) is 120 Å². The maximum absolute atomic E-state index is 11.1. The van der Waals surface area contributed by atoms with E-state index in [1.807, 2.05) is 0 Å². The summed E-state index contributed by atoms with van der Waals surface area (Å²) in [5.41, 5.74) is -1.94. The Kier molecular flexibility index (Phi) is 4.02. The van der Waals surface area contributed by atoms with Crippen LogP contribution in [0.3, 0.4) is 0 Å². The Morgan fingerprint density at radius 1 is 1.29 bits per heavy atom. The molecule has 114 valence electrons. The van der Waals surface area contributed by atoms with Gasteiger partial charge in [0, 0.05) is 23.1 Å². The van der Waals surface area contributed by atoms with Gasteiger partial charge in [0.1, 0.15) is 17.4 Å². The summed E-state index contributed by atoms with van der Waals surface area (Å²) >= 11 is 0. The second-order valence-electron chi connectivity index (χ2n) is 5.33. The highest BCUT2D eigenvalue weighted by Crippen LogP contribution is 2.34. The van der Waals surface area contributed by atoms with Crippen LogP contribution in [0.5, 0.6) is 5.75 Å². The molecule has 21 heavy (non-hydrogen) atoms. The second kappa shape index (κ2) is 5.45. The Morgan fingerprint density at radius 3 is 2.52 bits per heavy atom. The van der Waals surface area contributed by atoms with E-state index in [4.69, 9.17) is 9.67 Å². The molecule has 0 saturated carbocycles. The van der Waals surface area contributed by atoms with Gasteiger partial charge in [-0.2, -0.15) is 0 Å². The van der Waals surface area contributed by atoms with Crippen molar-refractivity contribution in [3.8, 4) is 5.75 Å². The quantitative estimate of drug-likeness (QED) is 0.379. The zero-order valence-electron chi connectivity index (χ0n) is 11.5. The molecule has 0 spiro atoms. The smallest absolute Gasteiger partial charge is 0.336 e. The minimum Gasteiger partial charge on any atom is -0.507 e. The fourth-order valence-electron chi connectivity index (χ4n) is 2.10. The Hall–Kier alpha value is -1.93. The van der Waals surface area contributed by atoms with Crippen LogP contribution in [0.2, 0.25) is 0 Å². The predicted molar refractivity (Wildman–Crippen MR) is 72.9 cm³/mol. The number of rotatable bonds is 4. The number of hydrogen-bond acceptors (Lipinski definition) is 7. The van der Waals surface area contributed by atoms with Gasteiger partial charge in [-0.25, -0.2) is 9.68 Å². The Balaban J connectivity index is 2.53. The van der Waals surface area contributed by atoms with Crippen LogP contribution in [0.15, 0.2) is 33.5 Å². The molecule has 2 atom stereocenters. The van der Waals surface area contributed by atoms with Gasteiger partial charge in [-0.05, 0) is 26.0 Å². The van der Waals surface area contributed by atoms with Crippen molar-refractivity contribution in [3.05, 3.63) is 40.2 Å². The van der Waals surface area contributed by atoms with Crippen molar-refractivity contribution in [2.24, 2.45) is 0 Å². The number of phenolic OH excluding ortho intramolecular Hbond substituents is 1. The number of benzene rings is 1. The van der Waals surface area contributed by atoms with Crippen molar-refractivity contribution in [2.75, 3.05) is 0 Å². The highest BCUT2D eigenvalue weighted by Gasteiger charge is 2.37. The van der Waals surface area contributed by atoms with Crippen LogP contribution in [-0.4, -0.2) is 32.3 Å². The molecule has 0 saturated heterocycles. The summed E-state index contributed by atoms with van der Waals surface area (Å²) < 4.78 is 4.90. The minimum absolute atomic E-state index is 0.0255. The standard InChI is InChI=1S/C14H16O7/c1-14(2,18)13(21-19)12(17)8-5-7-3-4-11(16)20-10(7)6-9(8)15/h3-6,12-13,15,17-19H,1-2H3/t12-,13-/m1/s1. The summed E-state index contributed by atoms with van der Waals surface area (Å²) in [6.45, 7) is 2.68. The number of fused-ring (bicyclic) bond motifs is 1. The van der Waals surface area contributed by atoms with E-state index in [2.05, 4.69) is 4.89 Å². The molecular weight excluding hydrogens is 280 g/mol. The van der Waals surface area contributed by atoms with Gasteiger partial charge in [-0.3, -0.25) is 5.26 Å². The van der Waals surface area contributed by atoms with Crippen molar-refractivity contribution < 1.29 is 29.9 Å². The first-order chi connectivity index (χ1) is 9.74. The molecule has 1 aromatic carbocycles.